The highest BCUT2D eigenvalue weighted by atomic mass is 16.7. The van der Waals surface area contributed by atoms with Crippen LogP contribution in [0.5, 0.6) is 0 Å². The summed E-state index contributed by atoms with van der Waals surface area (Å²) in [6.45, 7) is 3.28. The zero-order valence-corrected chi connectivity index (χ0v) is 11.9. The largest absolute Gasteiger partial charge is 0.354 e. The number of hydrogen-bond donors (Lipinski definition) is 1. The van der Waals surface area contributed by atoms with Gasteiger partial charge >= 0.3 is 0 Å². The van der Waals surface area contributed by atoms with E-state index in [4.69, 9.17) is 9.47 Å². The summed E-state index contributed by atoms with van der Waals surface area (Å²) in [6.07, 6.45) is -0.622. The number of hydrogen-bond acceptors (Lipinski definition) is 5. The number of amides is 1. The second kappa shape index (κ2) is 6.97. The van der Waals surface area contributed by atoms with Gasteiger partial charge in [0, 0.05) is 19.8 Å². The minimum Gasteiger partial charge on any atom is -0.354 e. The lowest BCUT2D eigenvalue weighted by Gasteiger charge is -2.22. The van der Waals surface area contributed by atoms with Crippen molar-refractivity contribution >= 4 is 11.6 Å². The van der Waals surface area contributed by atoms with E-state index in [2.05, 4.69) is 5.32 Å². The van der Waals surface area contributed by atoms with Gasteiger partial charge < -0.3 is 14.8 Å². The highest BCUT2D eigenvalue weighted by Gasteiger charge is 2.25. The third kappa shape index (κ3) is 3.52. The third-order valence-electron chi connectivity index (χ3n) is 2.90. The van der Waals surface area contributed by atoms with Crippen molar-refractivity contribution in [2.24, 2.45) is 0 Å². The van der Waals surface area contributed by atoms with Crippen molar-refractivity contribution in [1.82, 2.24) is 5.32 Å². The molecule has 1 atom stereocenters. The first-order valence-electron chi connectivity index (χ1n) is 6.02. The van der Waals surface area contributed by atoms with Crippen molar-refractivity contribution < 1.29 is 19.2 Å². The van der Waals surface area contributed by atoms with E-state index in [0.29, 0.717) is 5.56 Å². The van der Waals surface area contributed by atoms with Gasteiger partial charge in [-0.05, 0) is 19.9 Å². The number of ether oxygens (including phenoxy) is 2. The maximum Gasteiger partial charge on any atom is 0.285 e. The summed E-state index contributed by atoms with van der Waals surface area (Å²) in [5.74, 6) is -0.535. The molecular weight excluding hydrogens is 264 g/mol. The monoisotopic (exact) mass is 282 g/mol. The predicted octanol–water partition coefficient (Wildman–Crippen LogP) is 1.64. The first-order valence-corrected chi connectivity index (χ1v) is 6.02. The van der Waals surface area contributed by atoms with Gasteiger partial charge in [-0.3, -0.25) is 14.9 Å². The molecule has 0 fully saturated rings. The van der Waals surface area contributed by atoms with Gasteiger partial charge in [-0.25, -0.2) is 0 Å². The van der Waals surface area contributed by atoms with Crippen LogP contribution in [-0.2, 0) is 9.47 Å². The van der Waals surface area contributed by atoms with Gasteiger partial charge in [0.25, 0.3) is 11.6 Å². The number of para-hydroxylation sites is 1. The van der Waals surface area contributed by atoms with Crippen LogP contribution < -0.4 is 5.32 Å². The van der Waals surface area contributed by atoms with Gasteiger partial charge in [-0.2, -0.15) is 0 Å². The van der Waals surface area contributed by atoms with Gasteiger partial charge in [0.2, 0.25) is 0 Å². The Bertz CT molecular complexity index is 500. The van der Waals surface area contributed by atoms with Crippen LogP contribution in [0.3, 0.4) is 0 Å². The molecule has 0 saturated carbocycles. The smallest absolute Gasteiger partial charge is 0.285 e. The van der Waals surface area contributed by atoms with Crippen molar-refractivity contribution in [3.05, 3.63) is 39.4 Å². The second-order valence-corrected chi connectivity index (χ2v) is 4.33. The molecule has 0 saturated heterocycles. The Morgan fingerprint density at radius 1 is 1.35 bits per heavy atom. The van der Waals surface area contributed by atoms with E-state index in [1.165, 1.54) is 20.3 Å². The van der Waals surface area contributed by atoms with Crippen LogP contribution in [0.1, 0.15) is 22.8 Å². The number of benzene rings is 1. The zero-order chi connectivity index (χ0) is 15.3. The van der Waals surface area contributed by atoms with Crippen LogP contribution in [0.25, 0.3) is 0 Å². The van der Waals surface area contributed by atoms with Crippen LogP contribution in [0, 0.1) is 17.0 Å². The van der Waals surface area contributed by atoms with E-state index in [1.54, 1.807) is 26.0 Å². The van der Waals surface area contributed by atoms with Crippen LogP contribution in [0.15, 0.2) is 18.2 Å². The summed E-state index contributed by atoms with van der Waals surface area (Å²) in [5, 5.41) is 13.7. The fourth-order valence-corrected chi connectivity index (χ4v) is 1.94. The molecule has 7 heteroatoms. The molecule has 7 nitrogen and oxygen atoms in total. The lowest BCUT2D eigenvalue weighted by Crippen LogP contribution is -2.43. The number of nitro benzene ring substituents is 1. The molecule has 0 bridgehead atoms. The topological polar surface area (TPSA) is 90.7 Å². The Morgan fingerprint density at radius 2 is 1.95 bits per heavy atom. The van der Waals surface area contributed by atoms with Crippen LogP contribution in [0.4, 0.5) is 5.69 Å². The SMILES string of the molecule is COC(OC)C(C)NC(=O)c1cccc(C)c1[N+](=O)[O-]. The zero-order valence-electron chi connectivity index (χ0n) is 11.9. The second-order valence-electron chi connectivity index (χ2n) is 4.33. The van der Waals surface area contributed by atoms with Gasteiger partial charge in [0.15, 0.2) is 6.29 Å². The fourth-order valence-electron chi connectivity index (χ4n) is 1.94. The fraction of sp³-hybridized carbons (Fsp3) is 0.462. The molecule has 110 valence electrons. The average molecular weight is 282 g/mol. The third-order valence-corrected chi connectivity index (χ3v) is 2.90. The first-order chi connectivity index (χ1) is 9.42. The minimum atomic E-state index is -0.622. The molecule has 1 amide bonds. The molecule has 1 N–H and O–H groups in total. The number of nitro groups is 1. The molecule has 0 aliphatic heterocycles. The lowest BCUT2D eigenvalue weighted by molar-refractivity contribution is -0.385. The summed E-state index contributed by atoms with van der Waals surface area (Å²) in [6, 6.07) is 4.16. The Labute approximate surface area is 117 Å². The number of aryl methyl sites for hydroxylation is 1. The van der Waals surface area contributed by atoms with Gasteiger partial charge in [-0.15, -0.1) is 0 Å². The molecule has 1 unspecified atom stereocenters. The molecule has 1 aromatic rings. The van der Waals surface area contributed by atoms with Gasteiger partial charge in [0.05, 0.1) is 11.0 Å². The summed E-state index contributed by atoms with van der Waals surface area (Å²) in [5.41, 5.74) is 0.265. The molecule has 0 aromatic heterocycles. The number of nitrogens with one attached hydrogen (secondary N) is 1. The molecule has 0 aliphatic rings. The minimum absolute atomic E-state index is 0.0211. The van der Waals surface area contributed by atoms with Crippen LogP contribution in [-0.4, -0.2) is 37.4 Å². The Kier molecular flexibility index (Phi) is 5.60. The van der Waals surface area contributed by atoms with E-state index in [9.17, 15) is 14.9 Å². The highest BCUT2D eigenvalue weighted by Crippen LogP contribution is 2.23. The number of methoxy groups -OCH3 is 2. The summed E-state index contributed by atoms with van der Waals surface area (Å²) < 4.78 is 10.1. The number of nitrogens with zero attached hydrogens (tertiary/aromatic N) is 1. The molecule has 0 aliphatic carbocycles. The summed E-state index contributed by atoms with van der Waals surface area (Å²) in [7, 11) is 2.90. The predicted molar refractivity (Wildman–Crippen MR) is 72.6 cm³/mol. The van der Waals surface area contributed by atoms with E-state index in [-0.39, 0.29) is 11.3 Å². The maximum atomic E-state index is 12.1. The number of rotatable bonds is 6. The van der Waals surface area contributed by atoms with Crippen molar-refractivity contribution in [3.8, 4) is 0 Å². The normalized spacial score (nSPS) is 12.2. The summed E-state index contributed by atoms with van der Waals surface area (Å²) in [4.78, 5) is 22.6. The Balaban J connectivity index is 2.99. The molecule has 1 aromatic carbocycles. The average Bonchev–Trinajstić information content (AvgIpc) is 2.39. The van der Waals surface area contributed by atoms with E-state index in [0.717, 1.165) is 0 Å². The van der Waals surface area contributed by atoms with Crippen molar-refractivity contribution in [1.29, 1.82) is 0 Å². The van der Waals surface area contributed by atoms with Crippen molar-refractivity contribution in [3.63, 3.8) is 0 Å². The molecular formula is C13H18N2O5. The van der Waals surface area contributed by atoms with Gasteiger partial charge in [-0.1, -0.05) is 12.1 Å². The van der Waals surface area contributed by atoms with E-state index in [1.807, 2.05) is 0 Å². The molecule has 1 rings (SSSR count). The van der Waals surface area contributed by atoms with Gasteiger partial charge in [0.1, 0.15) is 5.56 Å². The standard InChI is InChI=1S/C13H18N2O5/c1-8-6-5-7-10(11(8)15(17)18)12(16)14-9(2)13(19-3)20-4/h5-7,9,13H,1-4H3,(H,14,16). The molecule has 20 heavy (non-hydrogen) atoms. The molecule has 0 radical (unpaired) electrons. The van der Waals surface area contributed by atoms with E-state index < -0.39 is 23.2 Å². The number of carbonyl (C=O) groups excluding carboxylic acids is 1. The van der Waals surface area contributed by atoms with Crippen molar-refractivity contribution in [2.75, 3.05) is 14.2 Å². The lowest BCUT2D eigenvalue weighted by atomic mass is 10.1. The summed E-state index contributed by atoms with van der Waals surface area (Å²) >= 11 is 0. The van der Waals surface area contributed by atoms with Crippen LogP contribution >= 0.6 is 0 Å². The van der Waals surface area contributed by atoms with Crippen molar-refractivity contribution in [2.45, 2.75) is 26.2 Å². The Hall–Kier alpha value is -1.99. The molecule has 0 heterocycles. The highest BCUT2D eigenvalue weighted by molar-refractivity contribution is 5.98. The first kappa shape index (κ1) is 16.1. The Morgan fingerprint density at radius 3 is 2.45 bits per heavy atom. The number of carbonyl (C=O) groups is 1. The molecule has 0 spiro atoms. The quantitative estimate of drug-likeness (QED) is 0.486. The van der Waals surface area contributed by atoms with E-state index >= 15 is 0 Å². The van der Waals surface area contributed by atoms with Crippen LogP contribution in [0.2, 0.25) is 0 Å². The maximum absolute atomic E-state index is 12.1.